The fourth-order valence-corrected chi connectivity index (χ4v) is 2.72. The standard InChI is InChI=1S/C13H19N3O3/c1-3-4-9-7(2)10(16-13(18)19)8-5-6-14-12(17)11(8)15-9/h5-7,9-10,15-16H,3-4H2,1-2H3,(H,14,17)(H,18,19)/t7-,9-,10+/m0/s1. The average molecular weight is 265 g/mol. The molecule has 0 aromatic carbocycles. The van der Waals surface area contributed by atoms with Crippen molar-refractivity contribution in [1.82, 2.24) is 10.3 Å². The molecule has 0 fully saturated rings. The Labute approximate surface area is 111 Å². The number of H-pyrrole nitrogens is 1. The molecule has 6 heteroatoms. The number of fused-ring (bicyclic) bond motifs is 1. The van der Waals surface area contributed by atoms with E-state index in [1.807, 2.05) is 6.92 Å². The van der Waals surface area contributed by atoms with Crippen LogP contribution in [0.4, 0.5) is 10.5 Å². The van der Waals surface area contributed by atoms with Crippen LogP contribution in [-0.2, 0) is 0 Å². The van der Waals surface area contributed by atoms with Crippen LogP contribution in [0.2, 0.25) is 0 Å². The zero-order chi connectivity index (χ0) is 14.0. The van der Waals surface area contributed by atoms with Gasteiger partial charge in [-0.3, -0.25) is 4.79 Å². The molecular formula is C13H19N3O3. The number of pyridine rings is 1. The van der Waals surface area contributed by atoms with Crippen molar-refractivity contribution < 1.29 is 9.90 Å². The van der Waals surface area contributed by atoms with Crippen LogP contribution in [0.3, 0.4) is 0 Å². The molecule has 4 N–H and O–H groups in total. The van der Waals surface area contributed by atoms with Gasteiger partial charge in [-0.05, 0) is 12.5 Å². The van der Waals surface area contributed by atoms with Crippen molar-refractivity contribution in [1.29, 1.82) is 0 Å². The minimum absolute atomic E-state index is 0.0883. The van der Waals surface area contributed by atoms with Crippen molar-refractivity contribution in [2.75, 3.05) is 5.32 Å². The summed E-state index contributed by atoms with van der Waals surface area (Å²) in [5.41, 5.74) is 0.992. The molecular weight excluding hydrogens is 246 g/mol. The normalized spacial score (nSPS) is 25.3. The first-order valence-electron chi connectivity index (χ1n) is 6.52. The zero-order valence-electron chi connectivity index (χ0n) is 11.1. The quantitative estimate of drug-likeness (QED) is 0.671. The van der Waals surface area contributed by atoms with Gasteiger partial charge in [-0.2, -0.15) is 0 Å². The van der Waals surface area contributed by atoms with Crippen molar-refractivity contribution in [3.8, 4) is 0 Å². The first kappa shape index (κ1) is 13.5. The summed E-state index contributed by atoms with van der Waals surface area (Å²) >= 11 is 0. The number of aromatic nitrogens is 1. The fourth-order valence-electron chi connectivity index (χ4n) is 2.72. The van der Waals surface area contributed by atoms with E-state index in [1.165, 1.54) is 0 Å². The van der Waals surface area contributed by atoms with E-state index in [-0.39, 0.29) is 23.6 Å². The number of hydrogen-bond acceptors (Lipinski definition) is 3. The molecule has 1 aliphatic heterocycles. The molecule has 104 valence electrons. The highest BCUT2D eigenvalue weighted by Gasteiger charge is 2.35. The van der Waals surface area contributed by atoms with Gasteiger partial charge in [0, 0.05) is 23.7 Å². The molecule has 0 bridgehead atoms. The van der Waals surface area contributed by atoms with Gasteiger partial charge in [-0.15, -0.1) is 0 Å². The van der Waals surface area contributed by atoms with Gasteiger partial charge in [-0.1, -0.05) is 20.3 Å². The molecule has 3 atom stereocenters. The van der Waals surface area contributed by atoms with E-state index in [2.05, 4.69) is 22.5 Å². The van der Waals surface area contributed by atoms with Crippen LogP contribution in [0, 0.1) is 5.92 Å². The number of rotatable bonds is 3. The third-order valence-corrected chi connectivity index (χ3v) is 3.70. The monoisotopic (exact) mass is 265 g/mol. The summed E-state index contributed by atoms with van der Waals surface area (Å²) in [4.78, 5) is 25.4. The van der Waals surface area contributed by atoms with Gasteiger partial charge in [0.15, 0.2) is 0 Å². The summed E-state index contributed by atoms with van der Waals surface area (Å²) in [5.74, 6) is 0.0883. The predicted molar refractivity (Wildman–Crippen MR) is 72.4 cm³/mol. The van der Waals surface area contributed by atoms with Gasteiger partial charge in [0.1, 0.15) is 5.69 Å². The topological polar surface area (TPSA) is 94.2 Å². The Hall–Kier alpha value is -1.98. The SMILES string of the molecule is CCC[C@@H]1Nc2c(cc[nH]c2=O)[C@H](NC(=O)O)[C@H]1C. The van der Waals surface area contributed by atoms with Crippen molar-refractivity contribution in [2.24, 2.45) is 5.92 Å². The van der Waals surface area contributed by atoms with Gasteiger partial charge >= 0.3 is 6.09 Å². The molecule has 19 heavy (non-hydrogen) atoms. The number of carboxylic acid groups (broad SMARTS) is 1. The van der Waals surface area contributed by atoms with Crippen LogP contribution in [0.1, 0.15) is 38.3 Å². The van der Waals surface area contributed by atoms with Crippen LogP contribution in [0.25, 0.3) is 0 Å². The maximum Gasteiger partial charge on any atom is 0.405 e. The van der Waals surface area contributed by atoms with Crippen molar-refractivity contribution in [2.45, 2.75) is 38.8 Å². The lowest BCUT2D eigenvalue weighted by molar-refractivity contribution is 0.182. The molecule has 1 aliphatic rings. The Morgan fingerprint density at radius 2 is 2.26 bits per heavy atom. The molecule has 6 nitrogen and oxygen atoms in total. The Kier molecular flexibility index (Phi) is 3.78. The molecule has 1 amide bonds. The smallest absolute Gasteiger partial charge is 0.405 e. The van der Waals surface area contributed by atoms with Gasteiger partial charge < -0.3 is 20.7 Å². The fraction of sp³-hybridized carbons (Fsp3) is 0.538. The van der Waals surface area contributed by atoms with Gasteiger partial charge in [0.05, 0.1) is 6.04 Å². The summed E-state index contributed by atoms with van der Waals surface area (Å²) in [5, 5.41) is 14.7. The highest BCUT2D eigenvalue weighted by Crippen LogP contribution is 2.35. The van der Waals surface area contributed by atoms with E-state index in [1.54, 1.807) is 12.3 Å². The lowest BCUT2D eigenvalue weighted by Crippen LogP contribution is -2.45. The van der Waals surface area contributed by atoms with E-state index < -0.39 is 6.09 Å². The van der Waals surface area contributed by atoms with Gasteiger partial charge in [-0.25, -0.2) is 4.79 Å². The molecule has 1 aromatic rings. The molecule has 2 rings (SSSR count). The van der Waals surface area contributed by atoms with Crippen LogP contribution >= 0.6 is 0 Å². The van der Waals surface area contributed by atoms with Crippen LogP contribution in [0.5, 0.6) is 0 Å². The highest BCUT2D eigenvalue weighted by atomic mass is 16.4. The molecule has 0 saturated carbocycles. The van der Waals surface area contributed by atoms with Crippen molar-refractivity contribution in [3.05, 3.63) is 28.2 Å². The summed E-state index contributed by atoms with van der Waals surface area (Å²) in [6, 6.07) is 1.49. The Morgan fingerprint density at radius 3 is 2.89 bits per heavy atom. The first-order valence-corrected chi connectivity index (χ1v) is 6.52. The number of aromatic amines is 1. The third kappa shape index (κ3) is 2.57. The zero-order valence-corrected chi connectivity index (χ0v) is 11.1. The maximum absolute atomic E-state index is 11.9. The third-order valence-electron chi connectivity index (χ3n) is 3.70. The maximum atomic E-state index is 11.9. The first-order chi connectivity index (χ1) is 9.04. The molecule has 0 unspecified atom stereocenters. The number of hydrogen-bond donors (Lipinski definition) is 4. The number of carbonyl (C=O) groups is 1. The van der Waals surface area contributed by atoms with Crippen LogP contribution < -0.4 is 16.2 Å². The van der Waals surface area contributed by atoms with Crippen LogP contribution in [-0.4, -0.2) is 22.2 Å². The number of amides is 1. The van der Waals surface area contributed by atoms with E-state index >= 15 is 0 Å². The average Bonchev–Trinajstić information content (AvgIpc) is 2.35. The van der Waals surface area contributed by atoms with Crippen molar-refractivity contribution in [3.63, 3.8) is 0 Å². The van der Waals surface area contributed by atoms with Gasteiger partial charge in [0.25, 0.3) is 5.56 Å². The number of nitrogens with one attached hydrogen (secondary N) is 3. The Balaban J connectivity index is 2.43. The van der Waals surface area contributed by atoms with E-state index in [0.717, 1.165) is 12.8 Å². The molecule has 0 radical (unpaired) electrons. The Bertz CT molecular complexity index is 526. The largest absolute Gasteiger partial charge is 0.465 e. The van der Waals surface area contributed by atoms with E-state index in [0.29, 0.717) is 11.3 Å². The minimum atomic E-state index is -1.07. The summed E-state index contributed by atoms with van der Waals surface area (Å²) in [6.07, 6.45) is 2.35. The van der Waals surface area contributed by atoms with Crippen LogP contribution in [0.15, 0.2) is 17.1 Å². The lowest BCUT2D eigenvalue weighted by Gasteiger charge is -2.38. The highest BCUT2D eigenvalue weighted by molar-refractivity contribution is 5.67. The molecule has 0 saturated heterocycles. The summed E-state index contributed by atoms with van der Waals surface area (Å²) < 4.78 is 0. The predicted octanol–water partition coefficient (Wildman–Crippen LogP) is 1.91. The molecule has 0 aliphatic carbocycles. The minimum Gasteiger partial charge on any atom is -0.465 e. The number of anilines is 1. The second-order valence-electron chi connectivity index (χ2n) is 4.96. The van der Waals surface area contributed by atoms with Crippen molar-refractivity contribution >= 4 is 11.8 Å². The summed E-state index contributed by atoms with van der Waals surface area (Å²) in [6.45, 7) is 4.07. The van der Waals surface area contributed by atoms with Gasteiger partial charge in [0.2, 0.25) is 0 Å². The lowest BCUT2D eigenvalue weighted by atomic mass is 9.82. The Morgan fingerprint density at radius 1 is 1.53 bits per heavy atom. The summed E-state index contributed by atoms with van der Waals surface area (Å²) in [7, 11) is 0. The molecule has 2 heterocycles. The second kappa shape index (κ2) is 5.34. The van der Waals surface area contributed by atoms with E-state index in [9.17, 15) is 9.59 Å². The molecule has 0 spiro atoms. The second-order valence-corrected chi connectivity index (χ2v) is 4.96. The molecule has 1 aromatic heterocycles. The van der Waals surface area contributed by atoms with E-state index in [4.69, 9.17) is 5.11 Å².